The highest BCUT2D eigenvalue weighted by atomic mass is 16.5. The van der Waals surface area contributed by atoms with Gasteiger partial charge < -0.3 is 15.2 Å². The molecule has 1 aromatic heterocycles. The van der Waals surface area contributed by atoms with Crippen LogP contribution in [-0.2, 0) is 6.54 Å². The molecule has 5 nitrogen and oxygen atoms in total. The van der Waals surface area contributed by atoms with E-state index in [1.165, 1.54) is 11.1 Å². The third-order valence-corrected chi connectivity index (χ3v) is 3.75. The molecule has 5 heteroatoms. The van der Waals surface area contributed by atoms with Gasteiger partial charge >= 0.3 is 0 Å². The van der Waals surface area contributed by atoms with Crippen molar-refractivity contribution in [2.75, 3.05) is 14.1 Å². The fourth-order valence-electron chi connectivity index (χ4n) is 2.63. The number of nitrogens with two attached hydrogens (primary N) is 1. The van der Waals surface area contributed by atoms with Crippen molar-refractivity contribution < 1.29 is 9.32 Å². The smallest absolute Gasteiger partial charge is 0.287 e. The second-order valence-electron chi connectivity index (χ2n) is 5.91. The summed E-state index contributed by atoms with van der Waals surface area (Å²) in [5, 5.41) is 3.88. The van der Waals surface area contributed by atoms with Crippen LogP contribution in [0.2, 0.25) is 0 Å². The third kappa shape index (κ3) is 3.36. The largest absolute Gasteiger partial charge is 0.363 e. The lowest BCUT2D eigenvalue weighted by molar-refractivity contribution is 0.0965. The fraction of sp³-hybridized carbons (Fsp3) is 0.158. The predicted molar refractivity (Wildman–Crippen MR) is 93.3 cm³/mol. The summed E-state index contributed by atoms with van der Waals surface area (Å²) in [6.07, 6.45) is 0. The Morgan fingerprint density at radius 3 is 2.38 bits per heavy atom. The number of hydrogen-bond donors (Lipinski definition) is 1. The highest BCUT2D eigenvalue weighted by Crippen LogP contribution is 2.27. The van der Waals surface area contributed by atoms with Crippen molar-refractivity contribution in [1.29, 1.82) is 0 Å². The van der Waals surface area contributed by atoms with Crippen LogP contribution < -0.4 is 5.73 Å². The maximum Gasteiger partial charge on any atom is 0.287 e. The van der Waals surface area contributed by atoms with E-state index in [-0.39, 0.29) is 5.76 Å². The van der Waals surface area contributed by atoms with E-state index in [9.17, 15) is 4.79 Å². The Morgan fingerprint density at radius 1 is 1.08 bits per heavy atom. The van der Waals surface area contributed by atoms with E-state index in [0.717, 1.165) is 17.7 Å². The van der Waals surface area contributed by atoms with Crippen molar-refractivity contribution >= 4 is 5.91 Å². The van der Waals surface area contributed by atoms with Crippen molar-refractivity contribution in [2.45, 2.75) is 6.54 Å². The average Bonchev–Trinajstić information content (AvgIpc) is 3.05. The fourth-order valence-corrected chi connectivity index (χ4v) is 2.63. The summed E-state index contributed by atoms with van der Waals surface area (Å²) in [6, 6.07) is 17.9. The predicted octanol–water partition coefficient (Wildman–Crippen LogP) is 3.17. The van der Waals surface area contributed by atoms with Gasteiger partial charge in [-0.25, -0.2) is 0 Å². The van der Waals surface area contributed by atoms with Crippen LogP contribution in [0.3, 0.4) is 0 Å². The molecule has 0 atom stereocenters. The normalized spacial score (nSPS) is 11.0. The number of aromatic nitrogens is 1. The van der Waals surface area contributed by atoms with Gasteiger partial charge in [0.05, 0.1) is 0 Å². The second kappa shape index (κ2) is 6.68. The van der Waals surface area contributed by atoms with Crippen LogP contribution in [0.5, 0.6) is 0 Å². The van der Waals surface area contributed by atoms with E-state index in [4.69, 9.17) is 10.3 Å². The molecular formula is C19H19N3O2. The molecule has 0 aliphatic carbocycles. The third-order valence-electron chi connectivity index (χ3n) is 3.75. The molecule has 0 spiro atoms. The summed E-state index contributed by atoms with van der Waals surface area (Å²) in [5.74, 6) is -0.562. The van der Waals surface area contributed by atoms with Crippen molar-refractivity contribution in [2.24, 2.45) is 5.73 Å². The van der Waals surface area contributed by atoms with E-state index in [2.05, 4.69) is 42.4 Å². The Hall–Kier alpha value is -2.92. The van der Waals surface area contributed by atoms with Crippen LogP contribution in [0.25, 0.3) is 22.4 Å². The van der Waals surface area contributed by atoms with Gasteiger partial charge in [-0.05, 0) is 30.8 Å². The molecule has 0 unspecified atom stereocenters. The summed E-state index contributed by atoms with van der Waals surface area (Å²) >= 11 is 0. The molecule has 1 heterocycles. The topological polar surface area (TPSA) is 72.4 Å². The monoisotopic (exact) mass is 321 g/mol. The highest BCUT2D eigenvalue weighted by molar-refractivity contribution is 5.90. The van der Waals surface area contributed by atoms with E-state index in [1.54, 1.807) is 6.07 Å². The van der Waals surface area contributed by atoms with E-state index in [0.29, 0.717) is 5.69 Å². The Balaban J connectivity index is 1.91. The van der Waals surface area contributed by atoms with Gasteiger partial charge in [-0.2, -0.15) is 0 Å². The molecule has 0 fully saturated rings. The van der Waals surface area contributed by atoms with Crippen LogP contribution in [0.15, 0.2) is 59.1 Å². The van der Waals surface area contributed by atoms with Crippen LogP contribution in [-0.4, -0.2) is 30.1 Å². The summed E-state index contributed by atoms with van der Waals surface area (Å²) in [5.41, 5.74) is 10.3. The summed E-state index contributed by atoms with van der Waals surface area (Å²) < 4.78 is 4.93. The number of primary amides is 1. The maximum absolute atomic E-state index is 11.1. The zero-order valence-electron chi connectivity index (χ0n) is 13.7. The van der Waals surface area contributed by atoms with Gasteiger partial charge in [-0.1, -0.05) is 53.7 Å². The van der Waals surface area contributed by atoms with Gasteiger partial charge in [0.2, 0.25) is 5.76 Å². The van der Waals surface area contributed by atoms with Gasteiger partial charge in [-0.3, -0.25) is 4.79 Å². The Labute approximate surface area is 140 Å². The Kier molecular flexibility index (Phi) is 4.44. The molecule has 0 saturated heterocycles. The number of hydrogen-bond acceptors (Lipinski definition) is 4. The minimum absolute atomic E-state index is 0.0606. The maximum atomic E-state index is 11.1. The molecule has 122 valence electrons. The zero-order chi connectivity index (χ0) is 17.1. The molecule has 0 aliphatic heterocycles. The average molecular weight is 321 g/mol. The lowest BCUT2D eigenvalue weighted by Crippen LogP contribution is -2.11. The minimum Gasteiger partial charge on any atom is -0.363 e. The zero-order valence-corrected chi connectivity index (χ0v) is 13.7. The number of nitrogens with zero attached hydrogens (tertiary/aromatic N) is 2. The van der Waals surface area contributed by atoms with Gasteiger partial charge in [0.15, 0.2) is 0 Å². The quantitative estimate of drug-likeness (QED) is 0.783. The Morgan fingerprint density at radius 2 is 1.75 bits per heavy atom. The molecular weight excluding hydrogens is 302 g/mol. The molecule has 2 aromatic carbocycles. The van der Waals surface area contributed by atoms with Gasteiger partial charge in [0.1, 0.15) is 5.69 Å². The second-order valence-corrected chi connectivity index (χ2v) is 5.91. The molecule has 1 amide bonds. The standard InChI is InChI=1S/C19H19N3O2/c1-22(2)12-15-5-3-4-6-16(15)13-7-9-14(10-8-13)17-11-18(19(20)23)24-21-17/h3-11H,12H2,1-2H3,(H2,20,23). The molecule has 0 aliphatic rings. The number of amides is 1. The van der Waals surface area contributed by atoms with Crippen molar-refractivity contribution in [3.63, 3.8) is 0 Å². The van der Waals surface area contributed by atoms with E-state index in [1.807, 2.05) is 30.3 Å². The van der Waals surface area contributed by atoms with Gasteiger partial charge in [0.25, 0.3) is 5.91 Å². The highest BCUT2D eigenvalue weighted by Gasteiger charge is 2.11. The van der Waals surface area contributed by atoms with Crippen molar-refractivity contribution in [3.8, 4) is 22.4 Å². The van der Waals surface area contributed by atoms with Gasteiger partial charge in [0, 0.05) is 18.2 Å². The van der Waals surface area contributed by atoms with Gasteiger partial charge in [-0.15, -0.1) is 0 Å². The summed E-state index contributed by atoms with van der Waals surface area (Å²) in [7, 11) is 4.11. The van der Waals surface area contributed by atoms with E-state index < -0.39 is 5.91 Å². The number of benzene rings is 2. The molecule has 2 N–H and O–H groups in total. The SMILES string of the molecule is CN(C)Cc1ccccc1-c1ccc(-c2cc(C(N)=O)on2)cc1. The summed E-state index contributed by atoms with van der Waals surface area (Å²) in [6.45, 7) is 0.878. The first-order valence-electron chi connectivity index (χ1n) is 7.64. The van der Waals surface area contributed by atoms with E-state index >= 15 is 0 Å². The minimum atomic E-state index is -0.622. The van der Waals surface area contributed by atoms with Crippen molar-refractivity contribution in [1.82, 2.24) is 10.1 Å². The number of carbonyl (C=O) groups is 1. The van der Waals surface area contributed by atoms with Crippen LogP contribution in [0, 0.1) is 0 Å². The first-order valence-corrected chi connectivity index (χ1v) is 7.64. The number of carbonyl (C=O) groups excluding carboxylic acids is 1. The van der Waals surface area contributed by atoms with Crippen molar-refractivity contribution in [3.05, 3.63) is 65.9 Å². The molecule has 24 heavy (non-hydrogen) atoms. The molecule has 0 saturated carbocycles. The van der Waals surface area contributed by atoms with Crippen LogP contribution >= 0.6 is 0 Å². The van der Waals surface area contributed by atoms with Crippen LogP contribution in [0.1, 0.15) is 16.1 Å². The molecule has 3 aromatic rings. The lowest BCUT2D eigenvalue weighted by atomic mass is 9.98. The van der Waals surface area contributed by atoms with Crippen LogP contribution in [0.4, 0.5) is 0 Å². The molecule has 0 bridgehead atoms. The summed E-state index contributed by atoms with van der Waals surface area (Å²) in [4.78, 5) is 13.2. The first-order chi connectivity index (χ1) is 11.5. The first kappa shape index (κ1) is 16.0. The lowest BCUT2D eigenvalue weighted by Gasteiger charge is -2.14. The molecule has 3 rings (SSSR count). The number of rotatable bonds is 5. The molecule has 0 radical (unpaired) electrons. The Bertz CT molecular complexity index is 851.